The van der Waals surface area contributed by atoms with Crippen molar-refractivity contribution < 1.29 is 18.0 Å². The number of amides is 1. The lowest BCUT2D eigenvalue weighted by atomic mass is 9.92. The van der Waals surface area contributed by atoms with Crippen LogP contribution in [0.5, 0.6) is 0 Å². The van der Waals surface area contributed by atoms with Gasteiger partial charge in [0.05, 0.1) is 12.2 Å². The molecular weight excluding hydrogens is 218 g/mol. The van der Waals surface area contributed by atoms with Crippen LogP contribution < -0.4 is 5.32 Å². The standard InChI is InChI=1S/C9H13NO4S/c1-15(13,14)5-9(6-2-3-6)7(11)4-8(12)10-9/h6H,2-5H2,1H3,(H,10,12). The monoisotopic (exact) mass is 231 g/mol. The summed E-state index contributed by atoms with van der Waals surface area (Å²) in [5.41, 5.74) is -1.11. The van der Waals surface area contributed by atoms with E-state index in [0.29, 0.717) is 0 Å². The average molecular weight is 231 g/mol. The van der Waals surface area contributed by atoms with Crippen LogP contribution in [0.15, 0.2) is 0 Å². The van der Waals surface area contributed by atoms with Gasteiger partial charge in [-0.3, -0.25) is 9.59 Å². The third-order valence-corrected chi connectivity index (χ3v) is 3.93. The molecule has 1 atom stereocenters. The molecule has 6 heteroatoms. The minimum atomic E-state index is -3.26. The summed E-state index contributed by atoms with van der Waals surface area (Å²) >= 11 is 0. The van der Waals surface area contributed by atoms with Gasteiger partial charge in [0.15, 0.2) is 5.78 Å². The van der Waals surface area contributed by atoms with E-state index in [9.17, 15) is 18.0 Å². The van der Waals surface area contributed by atoms with Gasteiger partial charge in [0.2, 0.25) is 5.91 Å². The molecule has 1 amide bonds. The quantitative estimate of drug-likeness (QED) is 0.649. The topological polar surface area (TPSA) is 80.3 Å². The van der Waals surface area contributed by atoms with Crippen LogP contribution in [0, 0.1) is 5.92 Å². The molecule has 1 aliphatic heterocycles. The van der Waals surface area contributed by atoms with Crippen molar-refractivity contribution >= 4 is 21.5 Å². The van der Waals surface area contributed by atoms with Crippen molar-refractivity contribution in [2.45, 2.75) is 24.8 Å². The molecule has 2 rings (SSSR count). The Labute approximate surface area is 88.1 Å². The molecule has 0 bridgehead atoms. The summed E-state index contributed by atoms with van der Waals surface area (Å²) < 4.78 is 22.5. The van der Waals surface area contributed by atoms with E-state index in [4.69, 9.17) is 0 Å². The van der Waals surface area contributed by atoms with E-state index in [1.165, 1.54) is 0 Å². The fraction of sp³-hybridized carbons (Fsp3) is 0.778. The van der Waals surface area contributed by atoms with E-state index < -0.39 is 15.4 Å². The minimum absolute atomic E-state index is 0.0196. The van der Waals surface area contributed by atoms with Gasteiger partial charge in [-0.2, -0.15) is 0 Å². The molecule has 2 aliphatic rings. The van der Waals surface area contributed by atoms with E-state index in [-0.39, 0.29) is 29.8 Å². The van der Waals surface area contributed by atoms with Gasteiger partial charge >= 0.3 is 0 Å². The Hall–Kier alpha value is -0.910. The Bertz CT molecular complexity index is 423. The predicted octanol–water partition coefficient (Wildman–Crippen LogP) is -0.731. The van der Waals surface area contributed by atoms with Gasteiger partial charge in [-0.05, 0) is 18.8 Å². The second-order valence-corrected chi connectivity index (χ2v) is 6.60. The van der Waals surface area contributed by atoms with Crippen LogP contribution in [0.3, 0.4) is 0 Å². The summed E-state index contributed by atoms with van der Waals surface area (Å²) in [5.74, 6) is -0.850. The lowest BCUT2D eigenvalue weighted by Crippen LogP contribution is -2.53. The molecule has 1 N–H and O–H groups in total. The summed E-state index contributed by atoms with van der Waals surface area (Å²) in [7, 11) is -3.26. The molecule has 0 spiro atoms. The van der Waals surface area contributed by atoms with Crippen LogP contribution in [0.25, 0.3) is 0 Å². The largest absolute Gasteiger partial charge is 0.342 e. The number of ketones is 1. The van der Waals surface area contributed by atoms with Crippen molar-refractivity contribution in [2.75, 3.05) is 12.0 Å². The van der Waals surface area contributed by atoms with Crippen LogP contribution in [-0.4, -0.2) is 37.7 Å². The van der Waals surface area contributed by atoms with Crippen molar-refractivity contribution in [2.24, 2.45) is 5.92 Å². The number of Topliss-reactive ketones (excluding diaryl/α,β-unsaturated/α-hetero) is 1. The Morgan fingerprint density at radius 2 is 2.00 bits per heavy atom. The highest BCUT2D eigenvalue weighted by atomic mass is 32.2. The number of rotatable bonds is 3. The maximum atomic E-state index is 11.7. The predicted molar refractivity (Wildman–Crippen MR) is 52.9 cm³/mol. The molecule has 5 nitrogen and oxygen atoms in total. The number of nitrogens with one attached hydrogen (secondary N) is 1. The van der Waals surface area contributed by atoms with E-state index in [1.807, 2.05) is 0 Å². The molecule has 84 valence electrons. The first kappa shape index (κ1) is 10.6. The molecule has 1 saturated carbocycles. The molecule has 2 fully saturated rings. The van der Waals surface area contributed by atoms with Crippen LogP contribution in [0.2, 0.25) is 0 Å². The summed E-state index contributed by atoms with van der Waals surface area (Å²) in [6, 6.07) is 0. The minimum Gasteiger partial charge on any atom is -0.342 e. The summed E-state index contributed by atoms with van der Waals surface area (Å²) in [5, 5.41) is 2.57. The van der Waals surface area contributed by atoms with Gasteiger partial charge in [0.1, 0.15) is 15.4 Å². The highest BCUT2D eigenvalue weighted by Crippen LogP contribution is 2.43. The smallest absolute Gasteiger partial charge is 0.228 e. The van der Waals surface area contributed by atoms with E-state index in [2.05, 4.69) is 5.32 Å². The van der Waals surface area contributed by atoms with Crippen molar-refractivity contribution in [3.05, 3.63) is 0 Å². The van der Waals surface area contributed by atoms with Crippen molar-refractivity contribution in [1.82, 2.24) is 5.32 Å². The molecule has 0 aromatic heterocycles. The second kappa shape index (κ2) is 3.04. The SMILES string of the molecule is CS(=O)(=O)CC1(C2CC2)NC(=O)CC1=O. The van der Waals surface area contributed by atoms with Crippen molar-refractivity contribution in [1.29, 1.82) is 0 Å². The van der Waals surface area contributed by atoms with Gasteiger partial charge < -0.3 is 5.32 Å². The van der Waals surface area contributed by atoms with E-state index in [0.717, 1.165) is 19.1 Å². The van der Waals surface area contributed by atoms with Gasteiger partial charge in [-0.25, -0.2) is 8.42 Å². The number of sulfone groups is 1. The Morgan fingerprint density at radius 1 is 1.40 bits per heavy atom. The van der Waals surface area contributed by atoms with Crippen LogP contribution in [0.1, 0.15) is 19.3 Å². The number of hydrogen-bond acceptors (Lipinski definition) is 4. The van der Waals surface area contributed by atoms with E-state index in [1.54, 1.807) is 0 Å². The molecule has 1 aliphatic carbocycles. The van der Waals surface area contributed by atoms with E-state index >= 15 is 0 Å². The third kappa shape index (κ3) is 1.90. The molecule has 1 heterocycles. The highest BCUT2D eigenvalue weighted by Gasteiger charge is 2.56. The molecule has 1 unspecified atom stereocenters. The zero-order chi connectivity index (χ0) is 11.3. The molecule has 1 saturated heterocycles. The average Bonchev–Trinajstić information content (AvgIpc) is 2.77. The highest BCUT2D eigenvalue weighted by molar-refractivity contribution is 7.90. The Morgan fingerprint density at radius 3 is 2.33 bits per heavy atom. The maximum absolute atomic E-state index is 11.7. The first-order valence-corrected chi connectivity index (χ1v) is 6.91. The van der Waals surface area contributed by atoms with Gasteiger partial charge in [-0.1, -0.05) is 0 Å². The first-order chi connectivity index (χ1) is 6.83. The fourth-order valence-corrected chi connectivity index (χ4v) is 3.52. The second-order valence-electron chi connectivity index (χ2n) is 4.46. The molecule has 15 heavy (non-hydrogen) atoms. The maximum Gasteiger partial charge on any atom is 0.228 e. The van der Waals surface area contributed by atoms with Crippen LogP contribution in [-0.2, 0) is 19.4 Å². The van der Waals surface area contributed by atoms with Gasteiger partial charge in [0, 0.05) is 6.26 Å². The molecular formula is C9H13NO4S. The molecule has 0 radical (unpaired) electrons. The zero-order valence-corrected chi connectivity index (χ0v) is 9.26. The van der Waals surface area contributed by atoms with Crippen LogP contribution in [0.4, 0.5) is 0 Å². The number of hydrogen-bond donors (Lipinski definition) is 1. The van der Waals surface area contributed by atoms with Crippen molar-refractivity contribution in [3.63, 3.8) is 0 Å². The molecule has 0 aromatic carbocycles. The lowest BCUT2D eigenvalue weighted by molar-refractivity contribution is -0.123. The first-order valence-electron chi connectivity index (χ1n) is 4.85. The summed E-state index contributed by atoms with van der Waals surface area (Å²) in [6.45, 7) is 0. The Balaban J connectivity index is 2.33. The fourth-order valence-electron chi connectivity index (χ4n) is 2.22. The van der Waals surface area contributed by atoms with Crippen molar-refractivity contribution in [3.8, 4) is 0 Å². The van der Waals surface area contributed by atoms with Gasteiger partial charge in [-0.15, -0.1) is 0 Å². The van der Waals surface area contributed by atoms with Crippen LogP contribution >= 0.6 is 0 Å². The normalized spacial score (nSPS) is 31.8. The number of carbonyl (C=O) groups is 2. The third-order valence-electron chi connectivity index (χ3n) is 2.95. The zero-order valence-electron chi connectivity index (χ0n) is 8.45. The summed E-state index contributed by atoms with van der Waals surface area (Å²) in [4.78, 5) is 22.9. The lowest BCUT2D eigenvalue weighted by Gasteiger charge is -2.26. The number of carbonyl (C=O) groups excluding carboxylic acids is 2. The van der Waals surface area contributed by atoms with Gasteiger partial charge in [0.25, 0.3) is 0 Å². The Kier molecular flexibility index (Phi) is 2.15. The molecule has 0 aromatic rings. The summed E-state index contributed by atoms with van der Waals surface area (Å²) in [6.07, 6.45) is 2.56.